The van der Waals surface area contributed by atoms with Gasteiger partial charge in [0.15, 0.2) is 0 Å². The summed E-state index contributed by atoms with van der Waals surface area (Å²) in [5.74, 6) is -1.18. The molecule has 1 saturated heterocycles. The minimum absolute atomic E-state index is 0.204. The van der Waals surface area contributed by atoms with Gasteiger partial charge in [-0.1, -0.05) is 6.07 Å². The molecule has 1 aliphatic carbocycles. The zero-order valence-corrected chi connectivity index (χ0v) is 12.0. The van der Waals surface area contributed by atoms with Crippen LogP contribution in [-0.2, 0) is 22.4 Å². The number of methoxy groups -OCH3 is 1. The van der Waals surface area contributed by atoms with Crippen molar-refractivity contribution in [2.75, 3.05) is 13.7 Å². The maximum atomic E-state index is 12.6. The molecule has 0 spiro atoms. The molecule has 1 aliphatic heterocycles. The van der Waals surface area contributed by atoms with Crippen LogP contribution in [0.2, 0.25) is 0 Å². The predicted octanol–water partition coefficient (Wildman–Crippen LogP) is 1.49. The van der Waals surface area contributed by atoms with Gasteiger partial charge in [-0.05, 0) is 42.5 Å². The number of rotatable bonds is 3. The summed E-state index contributed by atoms with van der Waals surface area (Å²) < 4.78 is 5.22. The van der Waals surface area contributed by atoms with Gasteiger partial charge in [-0.15, -0.1) is 0 Å². The molecule has 3 rings (SSSR count). The summed E-state index contributed by atoms with van der Waals surface area (Å²) in [6.07, 6.45) is 3.34. The van der Waals surface area contributed by atoms with E-state index in [2.05, 4.69) is 0 Å². The Morgan fingerprint density at radius 2 is 2.05 bits per heavy atom. The van der Waals surface area contributed by atoms with Gasteiger partial charge in [-0.2, -0.15) is 0 Å². The van der Waals surface area contributed by atoms with Crippen molar-refractivity contribution in [3.8, 4) is 0 Å². The molecular weight excluding hydrogens is 270 g/mol. The average Bonchev–Trinajstić information content (AvgIpc) is 3.11. The van der Waals surface area contributed by atoms with E-state index in [1.54, 1.807) is 7.11 Å². The molecule has 0 radical (unpaired) electrons. The molecule has 1 N–H and O–H groups in total. The Balaban J connectivity index is 1.85. The van der Waals surface area contributed by atoms with E-state index >= 15 is 0 Å². The quantitative estimate of drug-likeness (QED) is 0.915. The number of ether oxygens (including phenoxy) is 1. The maximum Gasteiger partial charge on any atom is 0.326 e. The molecule has 5 nitrogen and oxygen atoms in total. The van der Waals surface area contributed by atoms with Crippen LogP contribution in [0.4, 0.5) is 0 Å². The van der Waals surface area contributed by atoms with E-state index < -0.39 is 12.0 Å². The lowest BCUT2D eigenvalue weighted by molar-refractivity contribution is -0.141. The molecule has 2 atom stereocenters. The molecule has 2 unspecified atom stereocenters. The van der Waals surface area contributed by atoms with E-state index in [0.717, 1.165) is 19.3 Å². The van der Waals surface area contributed by atoms with Crippen LogP contribution in [0.25, 0.3) is 0 Å². The van der Waals surface area contributed by atoms with Crippen LogP contribution in [0.1, 0.15) is 34.3 Å². The maximum absolute atomic E-state index is 12.6. The number of hydrogen-bond donors (Lipinski definition) is 1. The number of aliphatic carboxylic acids is 1. The highest BCUT2D eigenvalue weighted by molar-refractivity contribution is 5.97. The number of carbonyl (C=O) groups excluding carboxylic acids is 1. The molecule has 1 heterocycles. The minimum Gasteiger partial charge on any atom is -0.480 e. The van der Waals surface area contributed by atoms with E-state index in [1.165, 1.54) is 16.0 Å². The first-order chi connectivity index (χ1) is 10.1. The summed E-state index contributed by atoms with van der Waals surface area (Å²) in [5, 5.41) is 9.30. The van der Waals surface area contributed by atoms with Crippen LogP contribution >= 0.6 is 0 Å². The van der Waals surface area contributed by atoms with Crippen molar-refractivity contribution in [3.63, 3.8) is 0 Å². The van der Waals surface area contributed by atoms with E-state index in [-0.39, 0.29) is 12.0 Å². The largest absolute Gasteiger partial charge is 0.480 e. The highest BCUT2D eigenvalue weighted by Crippen LogP contribution is 2.26. The molecule has 0 bridgehead atoms. The number of aryl methyl sites for hydroxylation is 2. The fraction of sp³-hybridized carbons (Fsp3) is 0.500. The highest BCUT2D eigenvalue weighted by Gasteiger charge is 2.40. The fourth-order valence-electron chi connectivity index (χ4n) is 3.30. The Labute approximate surface area is 123 Å². The van der Waals surface area contributed by atoms with Crippen LogP contribution < -0.4 is 0 Å². The first-order valence-electron chi connectivity index (χ1n) is 7.28. The molecule has 1 aromatic rings. The summed E-state index contributed by atoms with van der Waals surface area (Å²) in [6.45, 7) is 0.337. The summed E-state index contributed by atoms with van der Waals surface area (Å²) in [5.41, 5.74) is 3.10. The number of likely N-dealkylation sites (tertiary alicyclic amines) is 1. The topological polar surface area (TPSA) is 66.8 Å². The second-order valence-corrected chi connectivity index (χ2v) is 5.74. The lowest BCUT2D eigenvalue weighted by Crippen LogP contribution is -2.40. The first kappa shape index (κ1) is 14.1. The zero-order valence-electron chi connectivity index (χ0n) is 12.0. The van der Waals surface area contributed by atoms with Crippen molar-refractivity contribution >= 4 is 11.9 Å². The summed E-state index contributed by atoms with van der Waals surface area (Å²) in [7, 11) is 1.55. The van der Waals surface area contributed by atoms with E-state index in [1.807, 2.05) is 18.2 Å². The van der Waals surface area contributed by atoms with Crippen molar-refractivity contribution in [2.24, 2.45) is 0 Å². The van der Waals surface area contributed by atoms with Gasteiger partial charge in [-0.25, -0.2) is 4.79 Å². The van der Waals surface area contributed by atoms with Gasteiger partial charge in [0.05, 0.1) is 6.10 Å². The number of hydrogen-bond acceptors (Lipinski definition) is 3. The van der Waals surface area contributed by atoms with Gasteiger partial charge < -0.3 is 14.7 Å². The third-order valence-corrected chi connectivity index (χ3v) is 4.49. The van der Waals surface area contributed by atoms with Crippen molar-refractivity contribution in [1.29, 1.82) is 0 Å². The van der Waals surface area contributed by atoms with Crippen molar-refractivity contribution in [2.45, 2.75) is 37.8 Å². The second kappa shape index (κ2) is 5.48. The Hall–Kier alpha value is -1.88. The molecular formula is C16H19NO4. The molecule has 0 aromatic heterocycles. The van der Waals surface area contributed by atoms with Crippen LogP contribution in [0.15, 0.2) is 18.2 Å². The number of carboxylic acid groups (broad SMARTS) is 1. The number of fused-ring (bicyclic) bond motifs is 1. The molecule has 0 saturated carbocycles. The molecule has 5 heteroatoms. The standard InChI is InChI=1S/C16H19NO4/c1-21-13-8-14(16(19)20)17(9-13)15(18)12-6-5-10-3-2-4-11(10)7-12/h5-7,13-14H,2-4,8-9H2,1H3,(H,19,20). The van der Waals surface area contributed by atoms with Crippen LogP contribution in [-0.4, -0.2) is 47.7 Å². The Morgan fingerprint density at radius 1 is 1.29 bits per heavy atom. The minimum atomic E-state index is -0.968. The van der Waals surface area contributed by atoms with Gasteiger partial charge in [0.25, 0.3) is 5.91 Å². The molecule has 1 fully saturated rings. The second-order valence-electron chi connectivity index (χ2n) is 5.74. The third kappa shape index (κ3) is 2.53. The number of carboxylic acids is 1. The Bertz CT molecular complexity index is 584. The zero-order chi connectivity index (χ0) is 15.0. The van der Waals surface area contributed by atoms with Gasteiger partial charge in [0, 0.05) is 25.6 Å². The van der Waals surface area contributed by atoms with E-state index in [9.17, 15) is 14.7 Å². The average molecular weight is 289 g/mol. The van der Waals surface area contributed by atoms with Gasteiger partial charge in [0.2, 0.25) is 0 Å². The lowest BCUT2D eigenvalue weighted by atomic mass is 10.1. The smallest absolute Gasteiger partial charge is 0.326 e. The Morgan fingerprint density at radius 3 is 2.76 bits per heavy atom. The van der Waals surface area contributed by atoms with Crippen molar-refractivity contribution in [1.82, 2.24) is 4.90 Å². The normalized spacial score (nSPS) is 24.1. The third-order valence-electron chi connectivity index (χ3n) is 4.49. The predicted molar refractivity (Wildman–Crippen MR) is 76.3 cm³/mol. The van der Waals surface area contributed by atoms with Crippen molar-refractivity contribution in [3.05, 3.63) is 34.9 Å². The van der Waals surface area contributed by atoms with Crippen molar-refractivity contribution < 1.29 is 19.4 Å². The molecule has 1 aromatic carbocycles. The highest BCUT2D eigenvalue weighted by atomic mass is 16.5. The lowest BCUT2D eigenvalue weighted by Gasteiger charge is -2.21. The van der Waals surface area contributed by atoms with Gasteiger partial charge in [0.1, 0.15) is 6.04 Å². The number of amides is 1. The van der Waals surface area contributed by atoms with Crippen LogP contribution in [0.5, 0.6) is 0 Å². The number of nitrogens with zero attached hydrogens (tertiary/aromatic N) is 1. The number of carbonyl (C=O) groups is 2. The molecule has 2 aliphatic rings. The summed E-state index contributed by atoms with van der Waals surface area (Å²) in [6, 6.07) is 4.93. The van der Waals surface area contributed by atoms with E-state index in [0.29, 0.717) is 18.5 Å². The monoisotopic (exact) mass is 289 g/mol. The SMILES string of the molecule is COC1CC(C(=O)O)N(C(=O)c2ccc3c(c2)CCC3)C1. The van der Waals surface area contributed by atoms with E-state index in [4.69, 9.17) is 4.74 Å². The van der Waals surface area contributed by atoms with Crippen LogP contribution in [0, 0.1) is 0 Å². The summed E-state index contributed by atoms with van der Waals surface area (Å²) in [4.78, 5) is 25.4. The molecule has 21 heavy (non-hydrogen) atoms. The van der Waals surface area contributed by atoms with Gasteiger partial charge >= 0.3 is 5.97 Å². The Kier molecular flexibility index (Phi) is 3.68. The first-order valence-corrected chi connectivity index (χ1v) is 7.28. The summed E-state index contributed by atoms with van der Waals surface area (Å²) >= 11 is 0. The molecule has 1 amide bonds. The number of benzene rings is 1. The molecule has 112 valence electrons. The van der Waals surface area contributed by atoms with Gasteiger partial charge in [-0.3, -0.25) is 4.79 Å². The fourth-order valence-corrected chi connectivity index (χ4v) is 3.30. The van der Waals surface area contributed by atoms with Crippen LogP contribution in [0.3, 0.4) is 0 Å².